The smallest absolute Gasteiger partial charge is 0.242 e. The Morgan fingerprint density at radius 1 is 1.67 bits per heavy atom. The molecule has 0 radical (unpaired) electrons. The Labute approximate surface area is 89.1 Å². The van der Waals surface area contributed by atoms with Crippen molar-refractivity contribution in [3.63, 3.8) is 0 Å². The van der Waals surface area contributed by atoms with E-state index < -0.39 is 0 Å². The predicted molar refractivity (Wildman–Crippen MR) is 60.4 cm³/mol. The number of hydrogen-bond acceptors (Lipinski definition) is 4. The molecule has 0 bridgehead atoms. The van der Waals surface area contributed by atoms with Crippen LogP contribution in [0.4, 0.5) is 11.5 Å². The lowest BCUT2D eigenvalue weighted by atomic mass is 10.3. The van der Waals surface area contributed by atoms with Crippen LogP contribution < -0.4 is 16.4 Å². The summed E-state index contributed by atoms with van der Waals surface area (Å²) in [5.74, 6) is 0.551. The van der Waals surface area contributed by atoms with Crippen LogP contribution in [0.2, 0.25) is 0 Å². The molecule has 1 amide bonds. The molecular formula is C10H16N4O. The monoisotopic (exact) mass is 208 g/mol. The van der Waals surface area contributed by atoms with Crippen molar-refractivity contribution in [1.82, 2.24) is 10.3 Å². The molecular weight excluding hydrogens is 192 g/mol. The van der Waals surface area contributed by atoms with Crippen LogP contribution in [0.3, 0.4) is 0 Å². The normalized spacial score (nSPS) is 11.9. The van der Waals surface area contributed by atoms with Crippen molar-refractivity contribution in [2.45, 2.75) is 19.9 Å². The molecule has 5 nitrogen and oxygen atoms in total. The van der Waals surface area contributed by atoms with Gasteiger partial charge in [0.15, 0.2) is 0 Å². The van der Waals surface area contributed by atoms with Gasteiger partial charge in [-0.2, -0.15) is 0 Å². The average Bonchev–Trinajstić information content (AvgIpc) is 2.18. The predicted octanol–water partition coefficient (Wildman–Crippen LogP) is 0.600. The molecule has 82 valence electrons. The number of amides is 1. The molecule has 0 aromatic carbocycles. The van der Waals surface area contributed by atoms with Crippen molar-refractivity contribution in [1.29, 1.82) is 0 Å². The first-order valence-electron chi connectivity index (χ1n) is 4.89. The summed E-state index contributed by atoms with van der Waals surface area (Å²) in [6.45, 7) is 4.27. The van der Waals surface area contributed by atoms with Gasteiger partial charge in [-0.3, -0.25) is 4.79 Å². The van der Waals surface area contributed by atoms with Gasteiger partial charge >= 0.3 is 0 Å². The van der Waals surface area contributed by atoms with Crippen LogP contribution in [0, 0.1) is 0 Å². The summed E-state index contributed by atoms with van der Waals surface area (Å²) in [6.07, 6.45) is 1.60. The van der Waals surface area contributed by atoms with Crippen molar-refractivity contribution in [2.75, 3.05) is 17.6 Å². The van der Waals surface area contributed by atoms with Gasteiger partial charge in [-0.15, -0.1) is 0 Å². The van der Waals surface area contributed by atoms with Crippen LogP contribution in [0.25, 0.3) is 0 Å². The molecule has 5 heteroatoms. The Hall–Kier alpha value is -1.78. The lowest BCUT2D eigenvalue weighted by Crippen LogP contribution is -2.37. The molecule has 4 N–H and O–H groups in total. The molecule has 0 saturated heterocycles. The minimum absolute atomic E-state index is 0.0540. The number of pyridine rings is 1. The molecule has 1 heterocycles. The number of carbonyl (C=O) groups is 1. The molecule has 0 spiro atoms. The number of rotatable bonds is 4. The summed E-state index contributed by atoms with van der Waals surface area (Å²) in [7, 11) is 0. The minimum Gasteiger partial charge on any atom is -0.399 e. The van der Waals surface area contributed by atoms with E-state index in [4.69, 9.17) is 5.73 Å². The van der Waals surface area contributed by atoms with Crippen LogP contribution >= 0.6 is 0 Å². The first kappa shape index (κ1) is 11.3. The highest BCUT2D eigenvalue weighted by atomic mass is 16.2. The van der Waals surface area contributed by atoms with Crippen LogP contribution in [0.5, 0.6) is 0 Å². The zero-order chi connectivity index (χ0) is 11.3. The van der Waals surface area contributed by atoms with Crippen LogP contribution in [-0.2, 0) is 4.79 Å². The molecule has 1 unspecified atom stereocenters. The van der Waals surface area contributed by atoms with Crippen molar-refractivity contribution < 1.29 is 4.79 Å². The molecule has 1 aromatic rings. The van der Waals surface area contributed by atoms with Crippen LogP contribution in [0.15, 0.2) is 18.3 Å². The summed E-state index contributed by atoms with van der Waals surface area (Å²) in [5.41, 5.74) is 6.21. The summed E-state index contributed by atoms with van der Waals surface area (Å²) in [4.78, 5) is 15.5. The maximum absolute atomic E-state index is 11.4. The fourth-order valence-electron chi connectivity index (χ4n) is 1.14. The maximum atomic E-state index is 11.4. The SMILES string of the molecule is CCNC(=O)C(C)Nc1cc(N)ccn1. The molecule has 0 fully saturated rings. The lowest BCUT2D eigenvalue weighted by molar-refractivity contribution is -0.121. The number of aromatic nitrogens is 1. The van der Waals surface area contributed by atoms with Gasteiger partial charge in [0.05, 0.1) is 0 Å². The van der Waals surface area contributed by atoms with E-state index in [0.29, 0.717) is 18.1 Å². The third-order valence-corrected chi connectivity index (χ3v) is 1.89. The van der Waals surface area contributed by atoms with E-state index in [1.54, 1.807) is 25.3 Å². The van der Waals surface area contributed by atoms with E-state index >= 15 is 0 Å². The highest BCUT2D eigenvalue weighted by molar-refractivity contribution is 5.83. The topological polar surface area (TPSA) is 80.0 Å². The Morgan fingerprint density at radius 3 is 3.00 bits per heavy atom. The zero-order valence-electron chi connectivity index (χ0n) is 8.95. The number of nitrogens with zero attached hydrogens (tertiary/aromatic N) is 1. The number of hydrogen-bond donors (Lipinski definition) is 3. The largest absolute Gasteiger partial charge is 0.399 e. The Bertz CT molecular complexity index is 340. The second kappa shape index (κ2) is 5.19. The molecule has 1 aromatic heterocycles. The van der Waals surface area contributed by atoms with E-state index in [0.717, 1.165) is 0 Å². The van der Waals surface area contributed by atoms with Crippen molar-refractivity contribution in [3.05, 3.63) is 18.3 Å². The lowest BCUT2D eigenvalue weighted by Gasteiger charge is -2.13. The van der Waals surface area contributed by atoms with Crippen LogP contribution in [0.1, 0.15) is 13.8 Å². The third-order valence-electron chi connectivity index (χ3n) is 1.89. The van der Waals surface area contributed by atoms with E-state index in [1.807, 2.05) is 6.92 Å². The van der Waals surface area contributed by atoms with Gasteiger partial charge in [-0.25, -0.2) is 4.98 Å². The van der Waals surface area contributed by atoms with Gasteiger partial charge in [0.25, 0.3) is 0 Å². The quantitative estimate of drug-likeness (QED) is 0.677. The average molecular weight is 208 g/mol. The molecule has 0 aliphatic rings. The first-order chi connectivity index (χ1) is 7.13. The molecule has 1 rings (SSSR count). The third kappa shape index (κ3) is 3.46. The summed E-state index contributed by atoms with van der Waals surface area (Å²) < 4.78 is 0. The van der Waals surface area contributed by atoms with Gasteiger partial charge in [0.2, 0.25) is 5.91 Å². The van der Waals surface area contributed by atoms with Crippen molar-refractivity contribution >= 4 is 17.4 Å². The molecule has 0 aliphatic carbocycles. The minimum atomic E-state index is -0.320. The van der Waals surface area contributed by atoms with E-state index in [2.05, 4.69) is 15.6 Å². The van der Waals surface area contributed by atoms with Gasteiger partial charge in [-0.05, 0) is 19.9 Å². The number of nitrogens with one attached hydrogen (secondary N) is 2. The number of likely N-dealkylation sites (N-methyl/N-ethyl adjacent to an activating group) is 1. The maximum Gasteiger partial charge on any atom is 0.242 e. The van der Waals surface area contributed by atoms with E-state index in [1.165, 1.54) is 0 Å². The summed E-state index contributed by atoms with van der Waals surface area (Å²) in [6, 6.07) is 3.07. The highest BCUT2D eigenvalue weighted by Crippen LogP contribution is 2.08. The zero-order valence-corrected chi connectivity index (χ0v) is 8.95. The van der Waals surface area contributed by atoms with Gasteiger partial charge < -0.3 is 16.4 Å². The molecule has 0 saturated carbocycles. The van der Waals surface area contributed by atoms with Gasteiger partial charge in [0.1, 0.15) is 11.9 Å². The molecule has 0 aliphatic heterocycles. The van der Waals surface area contributed by atoms with Crippen molar-refractivity contribution in [3.8, 4) is 0 Å². The summed E-state index contributed by atoms with van der Waals surface area (Å²) in [5, 5.41) is 5.68. The van der Waals surface area contributed by atoms with Crippen molar-refractivity contribution in [2.24, 2.45) is 0 Å². The number of anilines is 2. The molecule has 1 atom stereocenters. The first-order valence-corrected chi connectivity index (χ1v) is 4.89. The second-order valence-corrected chi connectivity index (χ2v) is 3.24. The van der Waals surface area contributed by atoms with E-state index in [9.17, 15) is 4.79 Å². The van der Waals surface area contributed by atoms with Gasteiger partial charge in [-0.1, -0.05) is 0 Å². The number of nitrogen functional groups attached to an aromatic ring is 1. The second-order valence-electron chi connectivity index (χ2n) is 3.24. The Kier molecular flexibility index (Phi) is 3.91. The fraction of sp³-hybridized carbons (Fsp3) is 0.400. The highest BCUT2D eigenvalue weighted by Gasteiger charge is 2.11. The number of nitrogens with two attached hydrogens (primary N) is 1. The number of carbonyl (C=O) groups excluding carboxylic acids is 1. The Morgan fingerprint density at radius 2 is 2.40 bits per heavy atom. The van der Waals surface area contributed by atoms with Crippen LogP contribution in [-0.4, -0.2) is 23.5 Å². The van der Waals surface area contributed by atoms with Gasteiger partial charge in [0, 0.05) is 24.5 Å². The fourth-order valence-corrected chi connectivity index (χ4v) is 1.14. The molecule has 15 heavy (non-hydrogen) atoms. The summed E-state index contributed by atoms with van der Waals surface area (Å²) >= 11 is 0. The standard InChI is InChI=1S/C10H16N4O/c1-3-12-10(15)7(2)14-9-6-8(11)4-5-13-9/h4-7H,3H2,1-2H3,(H,12,15)(H3,11,13,14). The van der Waals surface area contributed by atoms with E-state index in [-0.39, 0.29) is 11.9 Å². The Balaban J connectivity index is 2.58.